The minimum Gasteiger partial charge on any atom is -0.528 e. The molecule has 0 saturated carbocycles. The molecule has 0 aromatic rings. The van der Waals surface area contributed by atoms with Crippen molar-refractivity contribution < 1.29 is 9.31 Å². The minimum absolute atomic E-state index is 0. The summed E-state index contributed by atoms with van der Waals surface area (Å²) in [6.45, 7) is 2.09. The highest BCUT2D eigenvalue weighted by Crippen LogP contribution is 2.07. The van der Waals surface area contributed by atoms with E-state index in [2.05, 4.69) is 6.92 Å². The third-order valence-electron chi connectivity index (χ3n) is 1.45. The monoisotopic (exact) mass is 177 g/mol. The van der Waals surface area contributed by atoms with Gasteiger partial charge < -0.3 is 15.0 Å². The molecular formula is C6H13BClNO2. The smallest absolute Gasteiger partial charge is 0.528 e. The average Bonchev–Trinajstić information content (AvgIpc) is 2.38. The molecule has 0 amide bonds. The van der Waals surface area contributed by atoms with Crippen LogP contribution in [0.1, 0.15) is 19.8 Å². The highest BCUT2D eigenvalue weighted by atomic mass is 35.5. The topological polar surface area (TPSA) is 44.5 Å². The third kappa shape index (κ3) is 3.03. The predicted octanol–water partition coefficient (Wildman–Crippen LogP) is 1.08. The fraction of sp³-hybridized carbons (Fsp3) is 0.667. The van der Waals surface area contributed by atoms with E-state index in [0.717, 1.165) is 12.8 Å². The molecule has 1 aliphatic rings. The molecule has 2 N–H and O–H groups in total. The SMILES string of the molecule is CCCC(N)B1OC=CO1.Cl. The second-order valence-corrected chi connectivity index (χ2v) is 2.37. The molecule has 1 aliphatic heterocycles. The van der Waals surface area contributed by atoms with Crippen molar-refractivity contribution in [2.75, 3.05) is 0 Å². The summed E-state index contributed by atoms with van der Waals surface area (Å²) in [5.41, 5.74) is 5.70. The standard InChI is InChI=1S/C6H12BNO2.ClH/c1-2-3-6(8)7-9-4-5-10-7;/h4-6H,2-3,8H2,1H3;1H. The summed E-state index contributed by atoms with van der Waals surface area (Å²) in [4.78, 5) is 0. The van der Waals surface area contributed by atoms with Gasteiger partial charge in [0.15, 0.2) is 0 Å². The van der Waals surface area contributed by atoms with E-state index in [4.69, 9.17) is 15.0 Å². The molecule has 0 aliphatic carbocycles. The first-order chi connectivity index (χ1) is 4.84. The molecule has 3 nitrogen and oxygen atoms in total. The van der Waals surface area contributed by atoms with Gasteiger partial charge in [-0.1, -0.05) is 13.3 Å². The van der Waals surface area contributed by atoms with Gasteiger partial charge in [0.2, 0.25) is 0 Å². The Bertz CT molecular complexity index is 126. The Morgan fingerprint density at radius 1 is 1.45 bits per heavy atom. The van der Waals surface area contributed by atoms with E-state index in [0.29, 0.717) is 0 Å². The Kier molecular flexibility index (Phi) is 5.16. The van der Waals surface area contributed by atoms with Crippen LogP contribution >= 0.6 is 12.4 Å². The van der Waals surface area contributed by atoms with Gasteiger partial charge in [0, 0.05) is 0 Å². The van der Waals surface area contributed by atoms with Gasteiger partial charge in [-0.15, -0.1) is 12.4 Å². The van der Waals surface area contributed by atoms with Crippen LogP contribution in [-0.2, 0) is 9.31 Å². The maximum atomic E-state index is 5.70. The molecule has 0 spiro atoms. The van der Waals surface area contributed by atoms with E-state index >= 15 is 0 Å². The first-order valence-corrected chi connectivity index (χ1v) is 3.56. The Morgan fingerprint density at radius 2 is 2.00 bits per heavy atom. The third-order valence-corrected chi connectivity index (χ3v) is 1.45. The van der Waals surface area contributed by atoms with E-state index in [-0.39, 0.29) is 25.5 Å². The Morgan fingerprint density at radius 3 is 2.45 bits per heavy atom. The van der Waals surface area contributed by atoms with Crippen LogP contribution < -0.4 is 5.73 Å². The predicted molar refractivity (Wildman–Crippen MR) is 47.2 cm³/mol. The van der Waals surface area contributed by atoms with E-state index in [1.54, 1.807) is 0 Å². The summed E-state index contributed by atoms with van der Waals surface area (Å²) >= 11 is 0. The van der Waals surface area contributed by atoms with E-state index in [9.17, 15) is 0 Å². The first kappa shape index (κ1) is 10.7. The largest absolute Gasteiger partial charge is 0.612 e. The van der Waals surface area contributed by atoms with Gasteiger partial charge in [-0.05, 0) is 6.42 Å². The fourth-order valence-corrected chi connectivity index (χ4v) is 0.922. The van der Waals surface area contributed by atoms with Crippen molar-refractivity contribution in [1.29, 1.82) is 0 Å². The Hall–Kier alpha value is -0.345. The first-order valence-electron chi connectivity index (χ1n) is 3.56. The lowest BCUT2D eigenvalue weighted by molar-refractivity contribution is 0.382. The van der Waals surface area contributed by atoms with Crippen LogP contribution in [0.4, 0.5) is 0 Å². The van der Waals surface area contributed by atoms with E-state index < -0.39 is 0 Å². The fourth-order valence-electron chi connectivity index (χ4n) is 0.922. The van der Waals surface area contributed by atoms with Crippen molar-refractivity contribution in [3.05, 3.63) is 12.5 Å². The summed E-state index contributed by atoms with van der Waals surface area (Å²) in [6.07, 6.45) is 5.05. The summed E-state index contributed by atoms with van der Waals surface area (Å²) in [6, 6.07) is 0. The summed E-state index contributed by atoms with van der Waals surface area (Å²) in [5, 5.41) is 0. The lowest BCUT2D eigenvalue weighted by Crippen LogP contribution is -2.39. The molecule has 1 unspecified atom stereocenters. The molecule has 0 aromatic carbocycles. The molecule has 0 bridgehead atoms. The van der Waals surface area contributed by atoms with Gasteiger partial charge in [-0.2, -0.15) is 0 Å². The molecule has 0 aromatic heterocycles. The molecule has 1 atom stereocenters. The van der Waals surface area contributed by atoms with Gasteiger partial charge in [-0.25, -0.2) is 0 Å². The van der Waals surface area contributed by atoms with Crippen LogP contribution in [0.15, 0.2) is 12.5 Å². The highest BCUT2D eigenvalue weighted by molar-refractivity contribution is 6.47. The van der Waals surface area contributed by atoms with Crippen molar-refractivity contribution in [3.63, 3.8) is 0 Å². The van der Waals surface area contributed by atoms with Crippen LogP contribution in [-0.4, -0.2) is 13.1 Å². The van der Waals surface area contributed by atoms with Gasteiger partial charge in [0.1, 0.15) is 0 Å². The summed E-state index contributed by atoms with van der Waals surface area (Å²) in [7, 11) is -0.250. The van der Waals surface area contributed by atoms with Gasteiger partial charge in [0.05, 0.1) is 18.5 Å². The van der Waals surface area contributed by atoms with Crippen LogP contribution in [0.3, 0.4) is 0 Å². The molecule has 0 saturated heterocycles. The second kappa shape index (κ2) is 5.32. The van der Waals surface area contributed by atoms with Crippen molar-refractivity contribution in [2.24, 2.45) is 5.73 Å². The van der Waals surface area contributed by atoms with Gasteiger partial charge in [-0.3, -0.25) is 0 Å². The summed E-state index contributed by atoms with van der Waals surface area (Å²) < 4.78 is 10.1. The average molecular weight is 177 g/mol. The lowest BCUT2D eigenvalue weighted by atomic mass is 9.77. The zero-order valence-corrected chi connectivity index (χ0v) is 7.34. The molecule has 1 rings (SSSR count). The normalized spacial score (nSPS) is 16.7. The zero-order chi connectivity index (χ0) is 7.40. The Labute approximate surface area is 73.5 Å². The van der Waals surface area contributed by atoms with Crippen LogP contribution in [0.25, 0.3) is 0 Å². The second-order valence-electron chi connectivity index (χ2n) is 2.37. The van der Waals surface area contributed by atoms with Crippen molar-refractivity contribution in [3.8, 4) is 0 Å². The van der Waals surface area contributed by atoms with Crippen molar-refractivity contribution >= 4 is 19.5 Å². The molecule has 1 heterocycles. The summed E-state index contributed by atoms with van der Waals surface area (Å²) in [5.74, 6) is -0.000000000000000222. The van der Waals surface area contributed by atoms with Crippen molar-refractivity contribution in [2.45, 2.75) is 25.7 Å². The molecule has 11 heavy (non-hydrogen) atoms. The van der Waals surface area contributed by atoms with Crippen LogP contribution in [0.2, 0.25) is 0 Å². The number of rotatable bonds is 3. The number of halogens is 1. The minimum atomic E-state index is -0.250. The quantitative estimate of drug-likeness (QED) is 0.656. The highest BCUT2D eigenvalue weighted by Gasteiger charge is 2.31. The lowest BCUT2D eigenvalue weighted by Gasteiger charge is -2.11. The molecule has 64 valence electrons. The number of hydrogen-bond donors (Lipinski definition) is 1. The number of nitrogens with two attached hydrogens (primary N) is 1. The molecule has 0 radical (unpaired) electrons. The molecular weight excluding hydrogens is 164 g/mol. The maximum Gasteiger partial charge on any atom is 0.612 e. The van der Waals surface area contributed by atoms with Crippen LogP contribution in [0, 0.1) is 0 Å². The maximum absolute atomic E-state index is 5.70. The van der Waals surface area contributed by atoms with E-state index in [1.165, 1.54) is 12.5 Å². The molecule has 5 heteroatoms. The van der Waals surface area contributed by atoms with Crippen molar-refractivity contribution in [1.82, 2.24) is 0 Å². The number of hydrogen-bond acceptors (Lipinski definition) is 3. The van der Waals surface area contributed by atoms with E-state index in [1.807, 2.05) is 0 Å². The zero-order valence-electron chi connectivity index (χ0n) is 6.53. The molecule has 0 fully saturated rings. The Balaban J connectivity index is 0.000001000. The van der Waals surface area contributed by atoms with Crippen LogP contribution in [0.5, 0.6) is 0 Å². The van der Waals surface area contributed by atoms with Gasteiger partial charge >= 0.3 is 7.12 Å². The van der Waals surface area contributed by atoms with Gasteiger partial charge in [0.25, 0.3) is 0 Å².